The number of fused-ring (bicyclic) bond motifs is 1. The highest BCUT2D eigenvalue weighted by Crippen LogP contribution is 2.15. The van der Waals surface area contributed by atoms with Crippen LogP contribution in [-0.4, -0.2) is 28.5 Å². The maximum atomic E-state index is 11.4. The molecule has 0 fully saturated rings. The highest BCUT2D eigenvalue weighted by molar-refractivity contribution is 5.75. The Hall–Kier alpha value is -1.88. The summed E-state index contributed by atoms with van der Waals surface area (Å²) in [6, 6.07) is 3.34. The molecule has 0 saturated heterocycles. The van der Waals surface area contributed by atoms with Crippen molar-refractivity contribution in [2.45, 2.75) is 26.3 Å². The molecule has 0 amide bonds. The van der Waals surface area contributed by atoms with Crippen molar-refractivity contribution in [3.05, 3.63) is 35.3 Å². The molecule has 1 atom stereocenters. The molecule has 0 aliphatic carbocycles. The lowest BCUT2D eigenvalue weighted by Gasteiger charge is -2.09. The van der Waals surface area contributed by atoms with Crippen molar-refractivity contribution in [3.8, 4) is 0 Å². The van der Waals surface area contributed by atoms with E-state index in [-0.39, 0.29) is 0 Å². The smallest absolute Gasteiger partial charge is 0.323 e. The second-order valence-electron chi connectivity index (χ2n) is 4.41. The number of pyridine rings is 1. The van der Waals surface area contributed by atoms with E-state index in [1.165, 1.54) is 7.11 Å². The molecule has 2 N–H and O–H groups in total. The first-order chi connectivity index (χ1) is 8.52. The predicted molar refractivity (Wildman–Crippen MR) is 68.4 cm³/mol. The van der Waals surface area contributed by atoms with Crippen LogP contribution in [0.3, 0.4) is 0 Å². The van der Waals surface area contributed by atoms with Gasteiger partial charge in [0.05, 0.1) is 12.8 Å². The lowest BCUT2D eigenvalue weighted by atomic mass is 10.1. The van der Waals surface area contributed by atoms with E-state index in [0.717, 1.165) is 22.6 Å². The van der Waals surface area contributed by atoms with Crippen LogP contribution in [0.4, 0.5) is 0 Å². The van der Waals surface area contributed by atoms with Crippen LogP contribution in [0.25, 0.3) is 5.65 Å². The van der Waals surface area contributed by atoms with Gasteiger partial charge in [0.25, 0.3) is 0 Å². The van der Waals surface area contributed by atoms with E-state index in [1.54, 1.807) is 0 Å². The molecule has 0 radical (unpaired) electrons. The van der Waals surface area contributed by atoms with Crippen LogP contribution < -0.4 is 5.73 Å². The van der Waals surface area contributed by atoms with Crippen LogP contribution >= 0.6 is 0 Å². The number of hydrogen-bond acceptors (Lipinski definition) is 4. The van der Waals surface area contributed by atoms with Gasteiger partial charge in [-0.15, -0.1) is 0 Å². The molecule has 0 aliphatic heterocycles. The molecule has 96 valence electrons. The Morgan fingerprint density at radius 3 is 2.94 bits per heavy atom. The topological polar surface area (TPSA) is 69.6 Å². The minimum atomic E-state index is -0.657. The maximum Gasteiger partial charge on any atom is 0.323 e. The van der Waals surface area contributed by atoms with Crippen LogP contribution in [0.5, 0.6) is 0 Å². The van der Waals surface area contributed by atoms with E-state index in [1.807, 2.05) is 36.6 Å². The number of imidazole rings is 1. The molecular formula is C13H17N3O2. The van der Waals surface area contributed by atoms with Crippen molar-refractivity contribution in [3.63, 3.8) is 0 Å². The number of rotatable bonds is 3. The fourth-order valence-electron chi connectivity index (χ4n) is 2.00. The minimum absolute atomic E-state index is 0.406. The first-order valence-corrected chi connectivity index (χ1v) is 5.80. The number of nitrogens with two attached hydrogens (primary N) is 1. The number of nitrogens with zero attached hydrogens (tertiary/aromatic N) is 2. The van der Waals surface area contributed by atoms with Gasteiger partial charge in [-0.2, -0.15) is 0 Å². The number of aromatic nitrogens is 2. The molecule has 0 bridgehead atoms. The summed E-state index contributed by atoms with van der Waals surface area (Å²) >= 11 is 0. The Labute approximate surface area is 106 Å². The summed E-state index contributed by atoms with van der Waals surface area (Å²) in [5, 5.41) is 0. The first-order valence-electron chi connectivity index (χ1n) is 5.80. The molecule has 2 rings (SSSR count). The third-order valence-corrected chi connectivity index (χ3v) is 3.00. The van der Waals surface area contributed by atoms with Crippen LogP contribution in [0.1, 0.15) is 17.0 Å². The molecule has 5 heteroatoms. The third-order valence-electron chi connectivity index (χ3n) is 3.00. The molecular weight excluding hydrogens is 230 g/mol. The van der Waals surface area contributed by atoms with Gasteiger partial charge in [-0.05, 0) is 31.5 Å². The molecule has 0 aromatic carbocycles. The monoisotopic (exact) mass is 247 g/mol. The summed E-state index contributed by atoms with van der Waals surface area (Å²) < 4.78 is 6.60. The van der Waals surface area contributed by atoms with Crippen LogP contribution in [0.15, 0.2) is 18.3 Å². The van der Waals surface area contributed by atoms with Crippen molar-refractivity contribution in [2.75, 3.05) is 7.11 Å². The maximum absolute atomic E-state index is 11.4. The zero-order valence-electron chi connectivity index (χ0n) is 10.8. The van der Waals surface area contributed by atoms with Gasteiger partial charge < -0.3 is 14.9 Å². The number of methoxy groups -OCH3 is 1. The summed E-state index contributed by atoms with van der Waals surface area (Å²) in [5.41, 5.74) is 9.65. The summed E-state index contributed by atoms with van der Waals surface area (Å²) in [5.74, 6) is -0.406. The minimum Gasteiger partial charge on any atom is -0.468 e. The van der Waals surface area contributed by atoms with E-state index in [2.05, 4.69) is 9.72 Å². The molecule has 0 aliphatic rings. The molecule has 1 unspecified atom stereocenters. The zero-order chi connectivity index (χ0) is 13.3. The number of ether oxygens (including phenoxy) is 1. The number of carbonyl (C=O) groups excluding carboxylic acids is 1. The van der Waals surface area contributed by atoms with E-state index in [4.69, 9.17) is 5.73 Å². The number of aryl methyl sites for hydroxylation is 2. The van der Waals surface area contributed by atoms with Gasteiger partial charge in [-0.25, -0.2) is 4.98 Å². The Morgan fingerprint density at radius 2 is 2.28 bits per heavy atom. The van der Waals surface area contributed by atoms with Crippen molar-refractivity contribution in [1.82, 2.24) is 9.38 Å². The molecule has 5 nitrogen and oxygen atoms in total. The normalized spacial score (nSPS) is 12.7. The van der Waals surface area contributed by atoms with Crippen molar-refractivity contribution in [1.29, 1.82) is 0 Å². The van der Waals surface area contributed by atoms with Crippen LogP contribution in [-0.2, 0) is 16.0 Å². The lowest BCUT2D eigenvalue weighted by Crippen LogP contribution is -2.34. The predicted octanol–water partition coefficient (Wildman–Crippen LogP) is 0.994. The summed E-state index contributed by atoms with van der Waals surface area (Å²) in [6.07, 6.45) is 2.37. The first kappa shape index (κ1) is 12.6. The van der Waals surface area contributed by atoms with Gasteiger partial charge in [-0.3, -0.25) is 4.79 Å². The van der Waals surface area contributed by atoms with E-state index in [0.29, 0.717) is 6.42 Å². The van der Waals surface area contributed by atoms with Crippen molar-refractivity contribution >= 4 is 11.6 Å². The zero-order valence-corrected chi connectivity index (χ0v) is 10.8. The Morgan fingerprint density at radius 1 is 1.56 bits per heavy atom. The van der Waals surface area contributed by atoms with Gasteiger partial charge in [-0.1, -0.05) is 0 Å². The van der Waals surface area contributed by atoms with Crippen molar-refractivity contribution in [2.24, 2.45) is 5.73 Å². The summed E-state index contributed by atoms with van der Waals surface area (Å²) in [6.45, 7) is 3.94. The average molecular weight is 247 g/mol. The van der Waals surface area contributed by atoms with E-state index >= 15 is 0 Å². The standard InChI is InChI=1S/C13H17N3O2/c1-8-4-5-16-11(7-10(14)13(17)18-3)9(2)15-12(16)6-8/h4-6,10H,7,14H2,1-3H3. The summed E-state index contributed by atoms with van der Waals surface area (Å²) in [4.78, 5) is 15.8. The fourth-order valence-corrected chi connectivity index (χ4v) is 2.00. The third kappa shape index (κ3) is 2.22. The second-order valence-corrected chi connectivity index (χ2v) is 4.41. The summed E-state index contributed by atoms with van der Waals surface area (Å²) in [7, 11) is 1.34. The Balaban J connectivity index is 2.38. The van der Waals surface area contributed by atoms with E-state index in [9.17, 15) is 4.79 Å². The quantitative estimate of drug-likeness (QED) is 0.821. The Kier molecular flexibility index (Phi) is 3.34. The second kappa shape index (κ2) is 4.78. The SMILES string of the molecule is COC(=O)C(N)Cc1c(C)nc2cc(C)ccn12. The molecule has 2 aromatic heterocycles. The lowest BCUT2D eigenvalue weighted by molar-refractivity contribution is -0.142. The highest BCUT2D eigenvalue weighted by Gasteiger charge is 2.18. The molecule has 2 aromatic rings. The number of carbonyl (C=O) groups is 1. The van der Waals surface area contributed by atoms with Crippen molar-refractivity contribution < 1.29 is 9.53 Å². The Bertz CT molecular complexity index is 589. The molecule has 18 heavy (non-hydrogen) atoms. The van der Waals surface area contributed by atoms with Gasteiger partial charge in [0.2, 0.25) is 0 Å². The fraction of sp³-hybridized carbons (Fsp3) is 0.385. The van der Waals surface area contributed by atoms with Gasteiger partial charge in [0.15, 0.2) is 0 Å². The van der Waals surface area contributed by atoms with E-state index < -0.39 is 12.0 Å². The molecule has 0 saturated carbocycles. The van der Waals surface area contributed by atoms with Gasteiger partial charge >= 0.3 is 5.97 Å². The molecule has 2 heterocycles. The average Bonchev–Trinajstić information content (AvgIpc) is 2.64. The van der Waals surface area contributed by atoms with Gasteiger partial charge in [0.1, 0.15) is 11.7 Å². The van der Waals surface area contributed by atoms with Crippen LogP contribution in [0.2, 0.25) is 0 Å². The highest BCUT2D eigenvalue weighted by atomic mass is 16.5. The van der Waals surface area contributed by atoms with Crippen LogP contribution in [0, 0.1) is 13.8 Å². The number of esters is 1. The largest absolute Gasteiger partial charge is 0.468 e. The molecule has 0 spiro atoms. The van der Waals surface area contributed by atoms with Gasteiger partial charge in [0, 0.05) is 18.3 Å². The number of hydrogen-bond donors (Lipinski definition) is 1.